The van der Waals surface area contributed by atoms with Crippen molar-refractivity contribution in [2.75, 3.05) is 0 Å². The van der Waals surface area contributed by atoms with E-state index in [4.69, 9.17) is 0 Å². The van der Waals surface area contributed by atoms with Crippen LogP contribution in [0.1, 0.15) is 36.8 Å². The number of benzene rings is 2. The summed E-state index contributed by atoms with van der Waals surface area (Å²) >= 11 is 0. The van der Waals surface area contributed by atoms with Crippen LogP contribution in [0.3, 0.4) is 0 Å². The van der Waals surface area contributed by atoms with Gasteiger partial charge in [0, 0.05) is 18.2 Å². The first-order chi connectivity index (χ1) is 13.2. The van der Waals surface area contributed by atoms with Crippen LogP contribution in [0, 0.1) is 6.92 Å². The second-order valence-electron chi connectivity index (χ2n) is 7.47. The van der Waals surface area contributed by atoms with Crippen molar-refractivity contribution < 1.29 is 0 Å². The molecule has 1 heterocycles. The van der Waals surface area contributed by atoms with E-state index >= 15 is 0 Å². The molecule has 0 radical (unpaired) electrons. The molecule has 2 N–H and O–H groups in total. The number of aromatic nitrogens is 3. The van der Waals surface area contributed by atoms with Gasteiger partial charge in [-0.3, -0.25) is 5.10 Å². The van der Waals surface area contributed by atoms with Gasteiger partial charge in [-0.05, 0) is 67.0 Å². The smallest absolute Gasteiger partial charge is 0.155 e. The van der Waals surface area contributed by atoms with E-state index in [1.165, 1.54) is 47.0 Å². The van der Waals surface area contributed by atoms with E-state index in [1.54, 1.807) is 0 Å². The largest absolute Gasteiger partial charge is 0.310 e. The monoisotopic (exact) mass is 358 g/mol. The molecular formula is C23H26N4. The van der Waals surface area contributed by atoms with Crippen molar-refractivity contribution in [1.29, 1.82) is 0 Å². The highest BCUT2D eigenvalue weighted by Crippen LogP contribution is 2.28. The molecule has 1 aliphatic carbocycles. The highest BCUT2D eigenvalue weighted by Gasteiger charge is 2.14. The fourth-order valence-electron chi connectivity index (χ4n) is 3.82. The highest BCUT2D eigenvalue weighted by molar-refractivity contribution is 5.71. The topological polar surface area (TPSA) is 53.6 Å². The van der Waals surface area contributed by atoms with Crippen LogP contribution in [0.25, 0.3) is 22.5 Å². The number of rotatable bonds is 5. The van der Waals surface area contributed by atoms with Crippen LogP contribution in [0.15, 0.2) is 60.9 Å². The molecule has 138 valence electrons. The summed E-state index contributed by atoms with van der Waals surface area (Å²) in [5, 5.41) is 10.6. The minimum absolute atomic E-state index is 0.613. The van der Waals surface area contributed by atoms with Gasteiger partial charge in [-0.25, -0.2) is 4.98 Å². The van der Waals surface area contributed by atoms with Crippen LogP contribution < -0.4 is 5.32 Å². The molecule has 1 aromatic heterocycles. The number of aryl methyl sites for hydroxylation is 1. The molecule has 4 heteroatoms. The minimum Gasteiger partial charge on any atom is -0.310 e. The minimum atomic E-state index is 0.613. The lowest BCUT2D eigenvalue weighted by molar-refractivity contribution is 0.418. The van der Waals surface area contributed by atoms with Crippen LogP contribution in [0.5, 0.6) is 0 Å². The quantitative estimate of drug-likeness (QED) is 0.629. The molecule has 4 nitrogen and oxygen atoms in total. The van der Waals surface area contributed by atoms with Crippen molar-refractivity contribution >= 4 is 0 Å². The second-order valence-corrected chi connectivity index (χ2v) is 7.47. The molecule has 3 aromatic rings. The highest BCUT2D eigenvalue weighted by atomic mass is 15.2. The van der Waals surface area contributed by atoms with Gasteiger partial charge in [0.2, 0.25) is 0 Å². The third-order valence-electron chi connectivity index (χ3n) is 5.44. The Hall–Kier alpha value is -2.72. The van der Waals surface area contributed by atoms with E-state index in [1.807, 2.05) is 0 Å². The zero-order chi connectivity index (χ0) is 18.6. The molecule has 1 fully saturated rings. The van der Waals surface area contributed by atoms with E-state index in [2.05, 4.69) is 76.5 Å². The molecule has 27 heavy (non-hydrogen) atoms. The standard InChI is InChI=1S/C23H26N4/c1-16-6-9-21(10-7-16)24-14-18-4-3-5-19(13-18)22-11-8-20(12-17(22)2)23-25-15-26-27-23/h3-5,8,11-13,15,21,24H,1,6-7,9-10,14H2,2H3,(H,25,26,27). The first-order valence-corrected chi connectivity index (χ1v) is 9.65. The molecule has 0 unspecified atom stereocenters. The van der Waals surface area contributed by atoms with E-state index in [9.17, 15) is 0 Å². The zero-order valence-electron chi connectivity index (χ0n) is 15.8. The lowest BCUT2D eigenvalue weighted by atomic mass is 9.91. The number of H-pyrrole nitrogens is 1. The van der Waals surface area contributed by atoms with Crippen molar-refractivity contribution in [2.24, 2.45) is 0 Å². The number of hydrogen-bond donors (Lipinski definition) is 2. The molecule has 0 saturated heterocycles. The van der Waals surface area contributed by atoms with Gasteiger partial charge in [0.1, 0.15) is 6.33 Å². The third kappa shape index (κ3) is 4.17. The molecular weight excluding hydrogens is 332 g/mol. The first kappa shape index (κ1) is 17.7. The van der Waals surface area contributed by atoms with E-state index in [-0.39, 0.29) is 0 Å². The molecule has 1 aliphatic rings. The maximum Gasteiger partial charge on any atom is 0.155 e. The number of nitrogens with zero attached hydrogens (tertiary/aromatic N) is 2. The Morgan fingerprint density at radius 1 is 1.11 bits per heavy atom. The van der Waals surface area contributed by atoms with Crippen LogP contribution >= 0.6 is 0 Å². The van der Waals surface area contributed by atoms with Crippen molar-refractivity contribution in [1.82, 2.24) is 20.5 Å². The molecule has 0 atom stereocenters. The van der Waals surface area contributed by atoms with Gasteiger partial charge in [-0.15, -0.1) is 0 Å². The van der Waals surface area contributed by atoms with E-state index in [0.29, 0.717) is 6.04 Å². The van der Waals surface area contributed by atoms with Crippen molar-refractivity contribution in [3.8, 4) is 22.5 Å². The van der Waals surface area contributed by atoms with Gasteiger partial charge in [-0.1, -0.05) is 42.5 Å². The van der Waals surface area contributed by atoms with Crippen molar-refractivity contribution in [2.45, 2.75) is 45.2 Å². The van der Waals surface area contributed by atoms with Crippen LogP contribution in [-0.4, -0.2) is 21.2 Å². The number of aromatic amines is 1. The Labute approximate surface area is 160 Å². The number of allylic oxidation sites excluding steroid dienone is 1. The number of nitrogens with one attached hydrogen (secondary N) is 2. The lowest BCUT2D eigenvalue weighted by Crippen LogP contribution is -2.30. The molecule has 1 saturated carbocycles. The van der Waals surface area contributed by atoms with E-state index < -0.39 is 0 Å². The molecule has 2 aromatic carbocycles. The summed E-state index contributed by atoms with van der Waals surface area (Å²) in [6.07, 6.45) is 6.28. The van der Waals surface area contributed by atoms with Gasteiger partial charge >= 0.3 is 0 Å². The first-order valence-electron chi connectivity index (χ1n) is 9.65. The van der Waals surface area contributed by atoms with Crippen LogP contribution in [-0.2, 0) is 6.54 Å². The SMILES string of the molecule is C=C1CCC(NCc2cccc(-c3ccc(-c4ncn[nH]4)cc3C)c2)CC1. The summed E-state index contributed by atoms with van der Waals surface area (Å²) in [5.74, 6) is 0.803. The Morgan fingerprint density at radius 2 is 1.96 bits per heavy atom. The predicted molar refractivity (Wildman–Crippen MR) is 110 cm³/mol. The van der Waals surface area contributed by atoms with Gasteiger partial charge in [0.15, 0.2) is 5.82 Å². The second kappa shape index (κ2) is 7.89. The fourth-order valence-corrected chi connectivity index (χ4v) is 3.82. The summed E-state index contributed by atoms with van der Waals surface area (Å²) in [6, 6.07) is 15.9. The zero-order valence-corrected chi connectivity index (χ0v) is 15.8. The molecule has 0 bridgehead atoms. The summed E-state index contributed by atoms with van der Waals surface area (Å²) in [5.41, 5.74) is 7.54. The Balaban J connectivity index is 1.48. The predicted octanol–water partition coefficient (Wildman–Crippen LogP) is 5.04. The van der Waals surface area contributed by atoms with Crippen molar-refractivity contribution in [3.05, 3.63) is 72.1 Å². The molecule has 0 amide bonds. The Kier molecular flexibility index (Phi) is 5.16. The Morgan fingerprint density at radius 3 is 2.70 bits per heavy atom. The van der Waals surface area contributed by atoms with Crippen LogP contribution in [0.2, 0.25) is 0 Å². The summed E-state index contributed by atoms with van der Waals surface area (Å²) in [7, 11) is 0. The molecule has 0 aliphatic heterocycles. The number of hydrogen-bond acceptors (Lipinski definition) is 3. The van der Waals surface area contributed by atoms with Gasteiger partial charge in [0.25, 0.3) is 0 Å². The molecule has 0 spiro atoms. The average Bonchev–Trinajstić information content (AvgIpc) is 3.22. The van der Waals surface area contributed by atoms with Crippen LogP contribution in [0.4, 0.5) is 0 Å². The maximum atomic E-state index is 4.24. The van der Waals surface area contributed by atoms with E-state index in [0.717, 1.165) is 30.8 Å². The molecule has 4 rings (SSSR count). The average molecular weight is 358 g/mol. The normalized spacial score (nSPS) is 15.2. The lowest BCUT2D eigenvalue weighted by Gasteiger charge is -2.24. The summed E-state index contributed by atoms with van der Waals surface area (Å²) in [6.45, 7) is 7.17. The Bertz CT molecular complexity index is 917. The maximum absolute atomic E-state index is 4.24. The summed E-state index contributed by atoms with van der Waals surface area (Å²) < 4.78 is 0. The van der Waals surface area contributed by atoms with Gasteiger partial charge in [0.05, 0.1) is 0 Å². The van der Waals surface area contributed by atoms with Gasteiger partial charge in [-0.2, -0.15) is 5.10 Å². The summed E-state index contributed by atoms with van der Waals surface area (Å²) in [4.78, 5) is 4.24. The van der Waals surface area contributed by atoms with Crippen molar-refractivity contribution in [3.63, 3.8) is 0 Å². The third-order valence-corrected chi connectivity index (χ3v) is 5.44. The fraction of sp³-hybridized carbons (Fsp3) is 0.304. The van der Waals surface area contributed by atoms with Gasteiger partial charge < -0.3 is 5.32 Å².